The first-order chi connectivity index (χ1) is 11.5. The summed E-state index contributed by atoms with van der Waals surface area (Å²) in [6.45, 7) is 4.24. The molecule has 0 amide bonds. The largest absolute Gasteiger partial charge is 0.477 e. The molecule has 2 rings (SSSR count). The zero-order valence-electron chi connectivity index (χ0n) is 13.7. The van der Waals surface area contributed by atoms with Gasteiger partial charge in [0.15, 0.2) is 0 Å². The summed E-state index contributed by atoms with van der Waals surface area (Å²) in [6.07, 6.45) is 1.96. The van der Waals surface area contributed by atoms with Crippen LogP contribution in [0.5, 0.6) is 0 Å². The quantitative estimate of drug-likeness (QED) is 0.544. The molecule has 2 aromatic rings. The number of carboxylic acid groups (broad SMARTS) is 1. The summed E-state index contributed by atoms with van der Waals surface area (Å²) >= 11 is 6.70. The van der Waals surface area contributed by atoms with Crippen LogP contribution >= 0.6 is 31.9 Å². The van der Waals surface area contributed by atoms with Gasteiger partial charge in [-0.3, -0.25) is 0 Å². The highest BCUT2D eigenvalue weighted by atomic mass is 79.9. The van der Waals surface area contributed by atoms with Crippen molar-refractivity contribution in [3.63, 3.8) is 0 Å². The van der Waals surface area contributed by atoms with E-state index in [1.165, 1.54) is 11.1 Å². The van der Waals surface area contributed by atoms with Crippen LogP contribution in [0.4, 0.5) is 0 Å². The molecular weight excluding hydrogens is 432 g/mol. The number of hydrogen-bond acceptors (Lipinski definition) is 1. The van der Waals surface area contributed by atoms with Gasteiger partial charge < -0.3 is 5.11 Å². The molecule has 0 aliphatic rings. The highest BCUT2D eigenvalue weighted by molar-refractivity contribution is 9.14. The molecule has 0 fully saturated rings. The second-order valence-corrected chi connectivity index (χ2v) is 7.24. The fourth-order valence-corrected chi connectivity index (χ4v) is 3.53. The summed E-state index contributed by atoms with van der Waals surface area (Å²) in [7, 11) is 0. The van der Waals surface area contributed by atoms with Gasteiger partial charge in [-0.1, -0.05) is 78.3 Å². The van der Waals surface area contributed by atoms with Crippen LogP contribution in [0.25, 0.3) is 0 Å². The van der Waals surface area contributed by atoms with Crippen LogP contribution in [0.3, 0.4) is 0 Å². The van der Waals surface area contributed by atoms with Crippen molar-refractivity contribution in [1.29, 1.82) is 0 Å². The van der Waals surface area contributed by atoms with Gasteiger partial charge in [0.05, 0.1) is 0 Å². The fraction of sp³-hybridized carbons (Fsp3) is 0.250. The summed E-state index contributed by atoms with van der Waals surface area (Å²) in [6, 6.07) is 16.7. The Morgan fingerprint density at radius 3 is 1.54 bits per heavy atom. The minimum atomic E-state index is -0.984. The van der Waals surface area contributed by atoms with Gasteiger partial charge in [0.2, 0.25) is 0 Å². The lowest BCUT2D eigenvalue weighted by atomic mass is 9.89. The Kier molecular flexibility index (Phi) is 6.81. The van der Waals surface area contributed by atoms with Crippen molar-refractivity contribution in [2.45, 2.75) is 32.6 Å². The number of carbonyl (C=O) groups is 1. The molecule has 0 aromatic heterocycles. The minimum absolute atomic E-state index is 0.145. The second kappa shape index (κ2) is 8.63. The van der Waals surface area contributed by atoms with E-state index < -0.39 is 5.97 Å². The molecule has 0 heterocycles. The van der Waals surface area contributed by atoms with Gasteiger partial charge in [-0.05, 0) is 51.0 Å². The van der Waals surface area contributed by atoms with Crippen molar-refractivity contribution in [1.82, 2.24) is 0 Å². The van der Waals surface area contributed by atoms with Gasteiger partial charge in [-0.2, -0.15) is 0 Å². The zero-order chi connectivity index (χ0) is 17.7. The molecule has 0 spiro atoms. The first kappa shape index (κ1) is 18.9. The van der Waals surface area contributed by atoms with Crippen molar-refractivity contribution >= 4 is 37.8 Å². The summed E-state index contributed by atoms with van der Waals surface area (Å²) in [5.41, 5.74) is 4.63. The van der Waals surface area contributed by atoms with E-state index in [4.69, 9.17) is 0 Å². The van der Waals surface area contributed by atoms with Gasteiger partial charge in [0, 0.05) is 10.4 Å². The number of halogens is 2. The first-order valence-corrected chi connectivity index (χ1v) is 9.52. The van der Waals surface area contributed by atoms with Crippen LogP contribution < -0.4 is 0 Å². The lowest BCUT2D eigenvalue weighted by Crippen LogP contribution is -2.06. The molecule has 2 nitrogen and oxygen atoms in total. The molecule has 24 heavy (non-hydrogen) atoms. The third-order valence-corrected chi connectivity index (χ3v) is 6.25. The number of aliphatic carboxylic acids is 1. The predicted molar refractivity (Wildman–Crippen MR) is 106 cm³/mol. The van der Waals surface area contributed by atoms with Gasteiger partial charge in [0.1, 0.15) is 4.48 Å². The van der Waals surface area contributed by atoms with Crippen LogP contribution in [-0.2, 0) is 17.6 Å². The third kappa shape index (κ3) is 4.37. The molecule has 0 aliphatic carbocycles. The second-order valence-electron chi connectivity index (χ2n) is 5.59. The van der Waals surface area contributed by atoms with Crippen LogP contribution in [0.1, 0.15) is 42.0 Å². The summed E-state index contributed by atoms with van der Waals surface area (Å²) in [5.74, 6) is -1.14. The number of allylic oxidation sites excluding steroid dienone is 1. The van der Waals surface area contributed by atoms with Crippen molar-refractivity contribution < 1.29 is 9.90 Å². The predicted octanol–water partition coefficient (Wildman–Crippen LogP) is 6.03. The Morgan fingerprint density at radius 1 is 0.875 bits per heavy atom. The van der Waals surface area contributed by atoms with Crippen molar-refractivity contribution in [2.75, 3.05) is 0 Å². The number of rotatable bonds is 6. The maximum atomic E-state index is 11.4. The van der Waals surface area contributed by atoms with E-state index in [0.29, 0.717) is 4.48 Å². The summed E-state index contributed by atoms with van der Waals surface area (Å²) < 4.78 is 0.759. The fourth-order valence-electron chi connectivity index (χ4n) is 2.61. The highest BCUT2D eigenvalue weighted by Gasteiger charge is 2.22. The van der Waals surface area contributed by atoms with Crippen LogP contribution in [0.15, 0.2) is 57.5 Å². The molecule has 126 valence electrons. The molecule has 0 bridgehead atoms. The summed E-state index contributed by atoms with van der Waals surface area (Å²) in [5, 5.41) is 9.32. The maximum absolute atomic E-state index is 11.4. The number of aryl methyl sites for hydroxylation is 2. The lowest BCUT2D eigenvalue weighted by molar-refractivity contribution is -0.131. The molecule has 0 saturated carbocycles. The van der Waals surface area contributed by atoms with E-state index in [0.717, 1.165) is 24.0 Å². The molecule has 0 unspecified atom stereocenters. The maximum Gasteiger partial charge on any atom is 0.343 e. The van der Waals surface area contributed by atoms with Crippen LogP contribution in [0.2, 0.25) is 0 Å². The van der Waals surface area contributed by atoms with E-state index in [-0.39, 0.29) is 10.4 Å². The van der Waals surface area contributed by atoms with E-state index in [9.17, 15) is 9.90 Å². The molecule has 2 aromatic carbocycles. The van der Waals surface area contributed by atoms with E-state index in [1.807, 2.05) is 0 Å². The van der Waals surface area contributed by atoms with E-state index in [2.05, 4.69) is 94.2 Å². The summed E-state index contributed by atoms with van der Waals surface area (Å²) in [4.78, 5) is 11.4. The molecule has 0 aliphatic heterocycles. The normalized spacial score (nSPS) is 12.2. The average molecular weight is 452 g/mol. The van der Waals surface area contributed by atoms with E-state index in [1.54, 1.807) is 0 Å². The Bertz CT molecular complexity index is 684. The van der Waals surface area contributed by atoms with Gasteiger partial charge in [-0.25, -0.2) is 4.79 Å². The molecule has 4 heteroatoms. The smallest absolute Gasteiger partial charge is 0.343 e. The number of benzene rings is 2. The molecule has 0 saturated heterocycles. The Labute approximate surface area is 159 Å². The van der Waals surface area contributed by atoms with Crippen molar-refractivity contribution in [2.24, 2.45) is 0 Å². The molecular formula is C20H20Br2O2. The van der Waals surface area contributed by atoms with Crippen LogP contribution in [-0.4, -0.2) is 11.1 Å². The van der Waals surface area contributed by atoms with Gasteiger partial charge >= 0.3 is 5.97 Å². The SMILES string of the molecule is CCc1ccc(C(/C(Br)=C(/Br)C(=O)O)c2ccc(CC)cc2)cc1. The zero-order valence-corrected chi connectivity index (χ0v) is 16.9. The highest BCUT2D eigenvalue weighted by Crippen LogP contribution is 2.39. The lowest BCUT2D eigenvalue weighted by Gasteiger charge is -2.19. The Morgan fingerprint density at radius 2 is 1.25 bits per heavy atom. The Hall–Kier alpha value is -1.39. The van der Waals surface area contributed by atoms with Gasteiger partial charge in [0.25, 0.3) is 0 Å². The topological polar surface area (TPSA) is 37.3 Å². The molecule has 1 N–H and O–H groups in total. The standard InChI is InChI=1S/C20H20Br2O2/c1-3-13-5-9-15(10-6-13)17(18(21)19(22)20(23)24)16-11-7-14(4-2)8-12-16/h5-12,17H,3-4H2,1-2H3,(H,23,24)/b19-18-. The number of hydrogen-bond donors (Lipinski definition) is 1. The molecule has 0 radical (unpaired) electrons. The minimum Gasteiger partial charge on any atom is -0.477 e. The van der Waals surface area contributed by atoms with Crippen molar-refractivity contribution in [3.05, 3.63) is 79.7 Å². The monoisotopic (exact) mass is 450 g/mol. The third-order valence-electron chi connectivity index (χ3n) is 4.09. The first-order valence-electron chi connectivity index (χ1n) is 7.94. The van der Waals surface area contributed by atoms with E-state index >= 15 is 0 Å². The van der Waals surface area contributed by atoms with Gasteiger partial charge in [-0.15, -0.1) is 0 Å². The Balaban J connectivity index is 2.55. The number of carboxylic acids is 1. The molecule has 0 atom stereocenters. The van der Waals surface area contributed by atoms with Crippen molar-refractivity contribution in [3.8, 4) is 0 Å². The average Bonchev–Trinajstić information content (AvgIpc) is 2.62. The van der Waals surface area contributed by atoms with Crippen LogP contribution in [0, 0.1) is 0 Å².